The third-order valence-corrected chi connectivity index (χ3v) is 3.84. The number of nitrogens with zero attached hydrogens (tertiary/aromatic N) is 1. The quantitative estimate of drug-likeness (QED) is 0.861. The molecule has 0 fully saturated rings. The Morgan fingerprint density at radius 2 is 1.86 bits per heavy atom. The Balaban J connectivity index is 0.00000441. The molecule has 0 bridgehead atoms. The summed E-state index contributed by atoms with van der Waals surface area (Å²) in [4.78, 5) is -0.571. The fourth-order valence-corrected chi connectivity index (χ4v) is 2.64. The zero-order valence-electron chi connectivity index (χ0n) is 11.7. The highest BCUT2D eigenvalue weighted by Crippen LogP contribution is 2.33. The summed E-state index contributed by atoms with van der Waals surface area (Å²) in [6, 6.07) is 3.59. The molecule has 3 N–H and O–H groups in total. The van der Waals surface area contributed by atoms with E-state index in [0.29, 0.717) is 6.07 Å². The number of nitrogens with one attached hydrogen (secondary N) is 1. The Morgan fingerprint density at radius 1 is 1.32 bits per heavy atom. The molecule has 0 atom stereocenters. The maximum atomic E-state index is 12.8. The van der Waals surface area contributed by atoms with Crippen molar-refractivity contribution in [2.45, 2.75) is 30.5 Å². The highest BCUT2D eigenvalue weighted by molar-refractivity contribution is 7.89. The molecule has 0 aliphatic heterocycles. The summed E-state index contributed by atoms with van der Waals surface area (Å²) < 4.78 is 64.4. The third kappa shape index (κ3) is 5.46. The van der Waals surface area contributed by atoms with Crippen molar-refractivity contribution in [3.8, 4) is 6.07 Å². The van der Waals surface area contributed by atoms with Crippen LogP contribution in [0, 0.1) is 11.3 Å². The van der Waals surface area contributed by atoms with E-state index in [0.717, 1.165) is 12.1 Å². The van der Waals surface area contributed by atoms with Crippen molar-refractivity contribution in [3.63, 3.8) is 0 Å². The first-order valence-corrected chi connectivity index (χ1v) is 7.25. The van der Waals surface area contributed by atoms with E-state index in [9.17, 15) is 21.6 Å². The van der Waals surface area contributed by atoms with Gasteiger partial charge in [0.2, 0.25) is 10.0 Å². The predicted molar refractivity (Wildman–Crippen MR) is 76.9 cm³/mol. The lowest BCUT2D eigenvalue weighted by Crippen LogP contribution is -2.45. The van der Waals surface area contributed by atoms with Crippen molar-refractivity contribution in [1.82, 2.24) is 4.72 Å². The van der Waals surface area contributed by atoms with Crippen LogP contribution in [0.3, 0.4) is 0 Å². The van der Waals surface area contributed by atoms with E-state index in [1.54, 1.807) is 13.8 Å². The van der Waals surface area contributed by atoms with Gasteiger partial charge in [-0.1, -0.05) is 0 Å². The standard InChI is InChI=1S/C12H14F3N3O2S.ClH/c1-11(2,17)7-18-21(19,20)9-4-3-8(6-16)10(5-9)12(13,14)15;/h3-5,18H,7,17H2,1-2H3;1H. The van der Waals surface area contributed by atoms with Crippen molar-refractivity contribution >= 4 is 22.4 Å². The molecule has 124 valence electrons. The van der Waals surface area contributed by atoms with Crippen molar-refractivity contribution in [2.75, 3.05) is 6.54 Å². The fraction of sp³-hybridized carbons (Fsp3) is 0.417. The number of nitrogens with two attached hydrogens (primary N) is 1. The summed E-state index contributed by atoms with van der Waals surface area (Å²) in [5.74, 6) is 0. The molecule has 0 unspecified atom stereocenters. The molecule has 0 amide bonds. The second-order valence-corrected chi connectivity index (χ2v) is 6.90. The van der Waals surface area contributed by atoms with Gasteiger partial charge in [0.05, 0.1) is 22.1 Å². The highest BCUT2D eigenvalue weighted by Gasteiger charge is 2.35. The minimum absolute atomic E-state index is 0. The van der Waals surface area contributed by atoms with E-state index < -0.39 is 37.8 Å². The van der Waals surface area contributed by atoms with Crippen LogP contribution in [0.15, 0.2) is 23.1 Å². The van der Waals surface area contributed by atoms with Crippen molar-refractivity contribution in [2.24, 2.45) is 5.73 Å². The SMILES string of the molecule is CC(C)(N)CNS(=O)(=O)c1ccc(C#N)c(C(F)(F)F)c1.Cl. The normalized spacial score (nSPS) is 12.4. The number of nitriles is 1. The largest absolute Gasteiger partial charge is 0.417 e. The first-order valence-electron chi connectivity index (χ1n) is 5.77. The number of halogens is 4. The molecule has 0 heterocycles. The summed E-state index contributed by atoms with van der Waals surface area (Å²) in [6.07, 6.45) is -4.82. The number of benzene rings is 1. The molecular formula is C12H15ClF3N3O2S. The van der Waals surface area contributed by atoms with Crippen LogP contribution >= 0.6 is 12.4 Å². The van der Waals surface area contributed by atoms with Gasteiger partial charge in [0.1, 0.15) is 0 Å². The molecule has 22 heavy (non-hydrogen) atoms. The molecule has 1 rings (SSSR count). The van der Waals surface area contributed by atoms with Gasteiger partial charge in [-0.05, 0) is 32.0 Å². The fourth-order valence-electron chi connectivity index (χ4n) is 1.39. The van der Waals surface area contributed by atoms with Crippen molar-refractivity contribution in [3.05, 3.63) is 29.3 Å². The molecule has 0 aromatic heterocycles. The summed E-state index contributed by atoms with van der Waals surface area (Å²) in [5, 5.41) is 8.65. The lowest BCUT2D eigenvalue weighted by molar-refractivity contribution is -0.137. The summed E-state index contributed by atoms with van der Waals surface area (Å²) in [5.41, 5.74) is 2.83. The van der Waals surface area contributed by atoms with Gasteiger partial charge in [0, 0.05) is 12.1 Å². The lowest BCUT2D eigenvalue weighted by atomic mass is 10.1. The van der Waals surface area contributed by atoms with Gasteiger partial charge >= 0.3 is 6.18 Å². The van der Waals surface area contributed by atoms with Crippen molar-refractivity contribution < 1.29 is 21.6 Å². The van der Waals surface area contributed by atoms with Gasteiger partial charge in [-0.15, -0.1) is 12.4 Å². The molecule has 0 radical (unpaired) electrons. The van der Waals surface area contributed by atoms with Gasteiger partial charge < -0.3 is 5.73 Å². The van der Waals surface area contributed by atoms with Gasteiger partial charge in [-0.3, -0.25) is 0 Å². The predicted octanol–water partition coefficient (Wildman–Crippen LogP) is 2.01. The number of rotatable bonds is 4. The topological polar surface area (TPSA) is 96.0 Å². The molecule has 0 spiro atoms. The maximum absolute atomic E-state index is 12.8. The van der Waals surface area contributed by atoms with Crippen LogP contribution < -0.4 is 10.5 Å². The van der Waals surface area contributed by atoms with Gasteiger partial charge in [0.25, 0.3) is 0 Å². The number of hydrogen-bond donors (Lipinski definition) is 2. The molecule has 10 heteroatoms. The average molecular weight is 358 g/mol. The molecule has 0 saturated heterocycles. The third-order valence-electron chi connectivity index (χ3n) is 2.44. The molecule has 5 nitrogen and oxygen atoms in total. The van der Waals surface area contributed by atoms with Gasteiger partial charge in [-0.2, -0.15) is 18.4 Å². The van der Waals surface area contributed by atoms with E-state index in [-0.39, 0.29) is 19.0 Å². The smallest absolute Gasteiger partial charge is 0.324 e. The Hall–Kier alpha value is -1.34. The summed E-state index contributed by atoms with van der Waals surface area (Å²) in [7, 11) is -4.14. The highest BCUT2D eigenvalue weighted by atomic mass is 35.5. The summed E-state index contributed by atoms with van der Waals surface area (Å²) in [6.45, 7) is 2.99. The van der Waals surface area contributed by atoms with E-state index in [4.69, 9.17) is 11.0 Å². The van der Waals surface area contributed by atoms with Crippen LogP contribution in [0.2, 0.25) is 0 Å². The van der Waals surface area contributed by atoms with Crippen LogP contribution in [0.25, 0.3) is 0 Å². The van der Waals surface area contributed by atoms with E-state index in [1.165, 1.54) is 6.07 Å². The molecule has 0 aliphatic carbocycles. The van der Waals surface area contributed by atoms with Gasteiger partial charge in [-0.25, -0.2) is 13.1 Å². The average Bonchev–Trinajstić information content (AvgIpc) is 2.34. The number of hydrogen-bond acceptors (Lipinski definition) is 4. The molecule has 0 saturated carbocycles. The first kappa shape index (κ1) is 20.7. The lowest BCUT2D eigenvalue weighted by Gasteiger charge is -2.19. The van der Waals surface area contributed by atoms with Crippen LogP contribution in [-0.2, 0) is 16.2 Å². The summed E-state index contributed by atoms with van der Waals surface area (Å²) >= 11 is 0. The van der Waals surface area contributed by atoms with Crippen LogP contribution in [0.5, 0.6) is 0 Å². The molecule has 1 aromatic carbocycles. The first-order chi connectivity index (χ1) is 9.37. The monoisotopic (exact) mass is 357 g/mol. The van der Waals surface area contributed by atoms with Crippen LogP contribution in [0.1, 0.15) is 25.0 Å². The molecule has 0 aliphatic rings. The van der Waals surface area contributed by atoms with E-state index in [2.05, 4.69) is 4.72 Å². The zero-order valence-corrected chi connectivity index (χ0v) is 13.4. The Kier molecular flexibility index (Phi) is 6.41. The minimum atomic E-state index is -4.82. The maximum Gasteiger partial charge on any atom is 0.417 e. The van der Waals surface area contributed by atoms with E-state index in [1.807, 2.05) is 0 Å². The van der Waals surface area contributed by atoms with Crippen LogP contribution in [-0.4, -0.2) is 20.5 Å². The van der Waals surface area contributed by atoms with Crippen LogP contribution in [0.4, 0.5) is 13.2 Å². The molecule has 1 aromatic rings. The van der Waals surface area contributed by atoms with E-state index >= 15 is 0 Å². The molecular weight excluding hydrogens is 343 g/mol. The Bertz CT molecular complexity index is 676. The second kappa shape index (κ2) is 6.83. The Morgan fingerprint density at radius 3 is 2.27 bits per heavy atom. The van der Waals surface area contributed by atoms with Gasteiger partial charge in [0.15, 0.2) is 0 Å². The Labute approximate surface area is 132 Å². The second-order valence-electron chi connectivity index (χ2n) is 5.13. The zero-order chi connectivity index (χ0) is 16.5. The number of sulfonamides is 1. The number of alkyl halides is 3. The minimum Gasteiger partial charge on any atom is -0.324 e. The van der Waals surface area contributed by atoms with Crippen molar-refractivity contribution in [1.29, 1.82) is 5.26 Å².